The third-order valence-corrected chi connectivity index (χ3v) is 5.57. The first-order chi connectivity index (χ1) is 13.3. The number of thioether (sulfide) groups is 1. The van der Waals surface area contributed by atoms with E-state index in [0.717, 1.165) is 18.0 Å². The summed E-state index contributed by atoms with van der Waals surface area (Å²) >= 11 is 2.41. The van der Waals surface area contributed by atoms with Gasteiger partial charge in [-0.25, -0.2) is 22.5 Å². The molecule has 148 valence electrons. The van der Waals surface area contributed by atoms with E-state index >= 15 is 0 Å². The highest BCUT2D eigenvalue weighted by Gasteiger charge is 2.17. The van der Waals surface area contributed by atoms with Crippen molar-refractivity contribution in [2.24, 2.45) is 0 Å². The molecule has 1 aromatic carbocycles. The average molecular weight is 443 g/mol. The molecule has 2 N–H and O–H groups in total. The summed E-state index contributed by atoms with van der Waals surface area (Å²) in [5.41, 5.74) is 0.541. The van der Waals surface area contributed by atoms with Crippen molar-refractivity contribution in [3.05, 3.63) is 47.5 Å². The van der Waals surface area contributed by atoms with Gasteiger partial charge in [-0.2, -0.15) is 0 Å². The highest BCUT2D eigenvalue weighted by atomic mass is 32.2. The molecule has 0 atom stereocenters. The Bertz CT molecular complexity index is 1050. The van der Waals surface area contributed by atoms with Crippen LogP contribution < -0.4 is 10.0 Å². The third-order valence-electron chi connectivity index (χ3n) is 3.29. The van der Waals surface area contributed by atoms with Crippen LogP contribution in [0, 0.1) is 5.82 Å². The summed E-state index contributed by atoms with van der Waals surface area (Å²) in [6, 6.07) is 5.57. The summed E-state index contributed by atoms with van der Waals surface area (Å²) in [6.07, 6.45) is 2.61. The predicted octanol–water partition coefficient (Wildman–Crippen LogP) is 1.64. The highest BCUT2D eigenvalue weighted by Crippen LogP contribution is 2.23. The minimum Gasteiger partial charge on any atom is -0.301 e. The number of thiazole rings is 1. The lowest BCUT2D eigenvalue weighted by molar-refractivity contribution is -0.113. The van der Waals surface area contributed by atoms with E-state index in [9.17, 15) is 17.6 Å². The van der Waals surface area contributed by atoms with Crippen molar-refractivity contribution in [3.63, 3.8) is 0 Å². The Hall–Kier alpha value is -2.35. The van der Waals surface area contributed by atoms with Gasteiger partial charge < -0.3 is 5.32 Å². The van der Waals surface area contributed by atoms with Crippen LogP contribution in [0.15, 0.2) is 41.0 Å². The maximum absolute atomic E-state index is 13.3. The van der Waals surface area contributed by atoms with Crippen molar-refractivity contribution in [2.45, 2.75) is 11.7 Å². The summed E-state index contributed by atoms with van der Waals surface area (Å²) in [5.74, 6) is -0.341. The Morgan fingerprint density at radius 2 is 2.04 bits per heavy atom. The number of carbonyl (C=O) groups is 1. The number of amides is 1. The van der Waals surface area contributed by atoms with Crippen molar-refractivity contribution in [1.29, 1.82) is 0 Å². The quantitative estimate of drug-likeness (QED) is 0.509. The second-order valence-electron chi connectivity index (χ2n) is 5.48. The molecule has 3 rings (SSSR count). The molecule has 2 heterocycles. The molecule has 0 aliphatic rings. The second-order valence-corrected chi connectivity index (χ2v) is 9.15. The molecule has 3 aromatic rings. The van der Waals surface area contributed by atoms with Gasteiger partial charge >= 0.3 is 0 Å². The number of hydrogen-bond acceptors (Lipinski definition) is 8. The van der Waals surface area contributed by atoms with Crippen LogP contribution >= 0.6 is 23.1 Å². The van der Waals surface area contributed by atoms with Crippen LogP contribution in [0.5, 0.6) is 0 Å². The largest absolute Gasteiger partial charge is 0.301 e. The van der Waals surface area contributed by atoms with Crippen molar-refractivity contribution >= 4 is 44.2 Å². The minimum atomic E-state index is -3.44. The molecule has 0 saturated heterocycles. The molecule has 28 heavy (non-hydrogen) atoms. The fourth-order valence-corrected chi connectivity index (χ4v) is 3.83. The molecule has 2 aromatic heterocycles. The van der Waals surface area contributed by atoms with Crippen LogP contribution in [0.2, 0.25) is 0 Å². The zero-order chi connectivity index (χ0) is 20.1. The summed E-state index contributed by atoms with van der Waals surface area (Å²) in [4.78, 5) is 16.1. The molecule has 0 saturated carbocycles. The van der Waals surface area contributed by atoms with Crippen molar-refractivity contribution in [1.82, 2.24) is 24.5 Å². The van der Waals surface area contributed by atoms with Gasteiger partial charge in [-0.15, -0.1) is 21.5 Å². The van der Waals surface area contributed by atoms with Crippen LogP contribution in [0.3, 0.4) is 0 Å². The maximum Gasteiger partial charge on any atom is 0.236 e. The summed E-state index contributed by atoms with van der Waals surface area (Å²) in [5, 5.41) is 13.3. The lowest BCUT2D eigenvalue weighted by Gasteiger charge is -2.10. The fourth-order valence-electron chi connectivity index (χ4n) is 2.12. The monoisotopic (exact) mass is 442 g/mol. The number of hydrogen-bond donors (Lipinski definition) is 2. The van der Waals surface area contributed by atoms with Gasteiger partial charge in [-0.3, -0.25) is 9.36 Å². The van der Waals surface area contributed by atoms with Gasteiger partial charge in [-0.05, 0) is 24.3 Å². The summed E-state index contributed by atoms with van der Waals surface area (Å²) < 4.78 is 40.0. The van der Waals surface area contributed by atoms with E-state index in [1.165, 1.54) is 35.6 Å². The molecule has 0 aliphatic heterocycles. The van der Waals surface area contributed by atoms with Gasteiger partial charge in [0.05, 0.1) is 18.6 Å². The minimum absolute atomic E-state index is 0.0401. The number of rotatable bonds is 8. The topological polar surface area (TPSA) is 119 Å². The lowest BCUT2D eigenvalue weighted by Crippen LogP contribution is -2.23. The first-order valence-electron chi connectivity index (χ1n) is 7.79. The van der Waals surface area contributed by atoms with Gasteiger partial charge in [0.15, 0.2) is 16.1 Å². The number of nitrogens with one attached hydrogen (secondary N) is 2. The Kier molecular flexibility index (Phi) is 6.39. The molecule has 13 heteroatoms. The number of carbonyl (C=O) groups excluding carboxylic acids is 1. The average Bonchev–Trinajstić information content (AvgIpc) is 3.28. The smallest absolute Gasteiger partial charge is 0.236 e. The van der Waals surface area contributed by atoms with E-state index in [4.69, 9.17) is 0 Å². The number of halogens is 1. The van der Waals surface area contributed by atoms with E-state index in [0.29, 0.717) is 21.8 Å². The van der Waals surface area contributed by atoms with Crippen molar-refractivity contribution in [3.8, 4) is 5.69 Å². The number of anilines is 1. The second kappa shape index (κ2) is 8.77. The molecule has 0 radical (unpaired) electrons. The van der Waals surface area contributed by atoms with E-state index < -0.39 is 15.8 Å². The van der Waals surface area contributed by atoms with E-state index in [1.807, 2.05) is 0 Å². The lowest BCUT2D eigenvalue weighted by atomic mass is 10.3. The zero-order valence-electron chi connectivity index (χ0n) is 14.5. The van der Waals surface area contributed by atoms with Gasteiger partial charge in [0.1, 0.15) is 5.82 Å². The zero-order valence-corrected chi connectivity index (χ0v) is 16.9. The van der Waals surface area contributed by atoms with Crippen LogP contribution in [0.1, 0.15) is 5.82 Å². The molecule has 0 bridgehead atoms. The fraction of sp³-hybridized carbons (Fsp3) is 0.200. The molecule has 0 fully saturated rings. The van der Waals surface area contributed by atoms with Crippen LogP contribution in [0.4, 0.5) is 9.52 Å². The number of nitrogens with zero attached hydrogens (tertiary/aromatic N) is 4. The Balaban J connectivity index is 1.80. The Labute approximate surface area is 168 Å². The van der Waals surface area contributed by atoms with E-state index in [2.05, 4.69) is 25.2 Å². The summed E-state index contributed by atoms with van der Waals surface area (Å²) in [6.45, 7) is -0.102. The first-order valence-corrected chi connectivity index (χ1v) is 11.5. The van der Waals surface area contributed by atoms with Crippen LogP contribution in [0.25, 0.3) is 5.69 Å². The van der Waals surface area contributed by atoms with Gasteiger partial charge in [0.25, 0.3) is 0 Å². The van der Waals surface area contributed by atoms with Gasteiger partial charge in [0.2, 0.25) is 15.9 Å². The molecule has 0 aliphatic carbocycles. The highest BCUT2D eigenvalue weighted by molar-refractivity contribution is 7.99. The van der Waals surface area contributed by atoms with Crippen LogP contribution in [-0.2, 0) is 21.4 Å². The van der Waals surface area contributed by atoms with Crippen LogP contribution in [-0.4, -0.2) is 46.1 Å². The molecular formula is C15H15FN6O3S3. The van der Waals surface area contributed by atoms with E-state index in [1.54, 1.807) is 16.1 Å². The van der Waals surface area contributed by atoms with Crippen molar-refractivity contribution < 1.29 is 17.6 Å². The predicted molar refractivity (Wildman–Crippen MR) is 104 cm³/mol. The summed E-state index contributed by atoms with van der Waals surface area (Å²) in [7, 11) is -3.44. The maximum atomic E-state index is 13.3. The normalized spacial score (nSPS) is 11.5. The molecule has 1 amide bonds. The first kappa shape index (κ1) is 20.4. The molecule has 0 unspecified atom stereocenters. The Morgan fingerprint density at radius 1 is 1.29 bits per heavy atom. The third kappa shape index (κ3) is 5.58. The SMILES string of the molecule is CS(=O)(=O)NCc1nnc(SCC(=O)Nc2nccs2)n1-c1ccc(F)cc1. The van der Waals surface area contributed by atoms with Crippen molar-refractivity contribution in [2.75, 3.05) is 17.3 Å². The molecule has 0 spiro atoms. The Morgan fingerprint density at radius 3 is 2.68 bits per heavy atom. The van der Waals surface area contributed by atoms with E-state index in [-0.39, 0.29) is 18.2 Å². The standard InChI is InChI=1S/C15H15FN6O3S3/c1-28(24,25)18-8-12-20-21-15(22(12)11-4-2-10(16)3-5-11)27-9-13(23)19-14-17-6-7-26-14/h2-7,18H,8-9H2,1H3,(H,17,19,23). The number of aromatic nitrogens is 4. The molecular weight excluding hydrogens is 427 g/mol. The number of benzene rings is 1. The van der Waals surface area contributed by atoms with Gasteiger partial charge in [0, 0.05) is 17.3 Å². The number of sulfonamides is 1. The van der Waals surface area contributed by atoms with Gasteiger partial charge in [-0.1, -0.05) is 11.8 Å². The molecule has 9 nitrogen and oxygen atoms in total.